The molecule has 0 atom stereocenters. The normalized spacial score (nSPS) is 16.8. The standard InChI is InChI=1S/C16H26N2O/c1-4-17-11-15-12(2)10-13(3)18(16(15)19)14-8-6-5-7-9-14/h10,14,17H,4-9,11H2,1-3H3. The lowest BCUT2D eigenvalue weighted by molar-refractivity contribution is 0.340. The molecule has 1 aromatic rings. The number of aryl methyl sites for hydroxylation is 2. The Morgan fingerprint density at radius 1 is 1.26 bits per heavy atom. The molecule has 0 aromatic carbocycles. The van der Waals surface area contributed by atoms with Gasteiger partial charge < -0.3 is 9.88 Å². The van der Waals surface area contributed by atoms with Gasteiger partial charge in [0.2, 0.25) is 0 Å². The van der Waals surface area contributed by atoms with Gasteiger partial charge in [-0.05, 0) is 44.9 Å². The van der Waals surface area contributed by atoms with E-state index in [-0.39, 0.29) is 5.56 Å². The van der Waals surface area contributed by atoms with Crippen LogP contribution in [0.5, 0.6) is 0 Å². The molecule has 1 fully saturated rings. The summed E-state index contributed by atoms with van der Waals surface area (Å²) in [4.78, 5) is 12.7. The molecule has 106 valence electrons. The maximum atomic E-state index is 12.7. The lowest BCUT2D eigenvalue weighted by atomic mass is 9.94. The second-order valence-corrected chi connectivity index (χ2v) is 5.69. The molecule has 1 saturated carbocycles. The molecule has 0 spiro atoms. The maximum absolute atomic E-state index is 12.7. The minimum atomic E-state index is 0.227. The van der Waals surface area contributed by atoms with E-state index < -0.39 is 0 Å². The first kappa shape index (κ1) is 14.3. The van der Waals surface area contributed by atoms with Crippen LogP contribution in [0.1, 0.15) is 61.9 Å². The van der Waals surface area contributed by atoms with Crippen LogP contribution in [-0.4, -0.2) is 11.1 Å². The molecule has 1 heterocycles. The van der Waals surface area contributed by atoms with E-state index >= 15 is 0 Å². The molecule has 2 rings (SSSR count). The van der Waals surface area contributed by atoms with Gasteiger partial charge in [0.15, 0.2) is 0 Å². The zero-order valence-corrected chi connectivity index (χ0v) is 12.5. The van der Waals surface area contributed by atoms with Crippen molar-refractivity contribution < 1.29 is 0 Å². The molecule has 0 unspecified atom stereocenters. The first-order chi connectivity index (χ1) is 9.15. The van der Waals surface area contributed by atoms with Crippen LogP contribution >= 0.6 is 0 Å². The van der Waals surface area contributed by atoms with E-state index in [1.54, 1.807) is 0 Å². The van der Waals surface area contributed by atoms with Gasteiger partial charge in [0.1, 0.15) is 0 Å². The molecule has 1 aromatic heterocycles. The van der Waals surface area contributed by atoms with Gasteiger partial charge >= 0.3 is 0 Å². The molecule has 0 amide bonds. The van der Waals surface area contributed by atoms with E-state index in [4.69, 9.17) is 0 Å². The van der Waals surface area contributed by atoms with Crippen molar-refractivity contribution >= 4 is 0 Å². The smallest absolute Gasteiger partial charge is 0.255 e. The summed E-state index contributed by atoms with van der Waals surface area (Å²) in [6, 6.07) is 2.59. The maximum Gasteiger partial charge on any atom is 0.255 e. The Hall–Kier alpha value is -1.09. The zero-order chi connectivity index (χ0) is 13.8. The summed E-state index contributed by atoms with van der Waals surface area (Å²) in [5.74, 6) is 0. The van der Waals surface area contributed by atoms with E-state index in [0.29, 0.717) is 12.6 Å². The number of nitrogens with zero attached hydrogens (tertiary/aromatic N) is 1. The van der Waals surface area contributed by atoms with Gasteiger partial charge in [-0.3, -0.25) is 4.79 Å². The van der Waals surface area contributed by atoms with Crippen molar-refractivity contribution in [2.75, 3.05) is 6.54 Å². The van der Waals surface area contributed by atoms with Gasteiger partial charge in [0.05, 0.1) is 0 Å². The van der Waals surface area contributed by atoms with E-state index in [9.17, 15) is 4.79 Å². The number of aromatic nitrogens is 1. The fourth-order valence-electron chi connectivity index (χ4n) is 3.20. The minimum Gasteiger partial charge on any atom is -0.313 e. The summed E-state index contributed by atoms with van der Waals surface area (Å²) in [5.41, 5.74) is 3.41. The largest absolute Gasteiger partial charge is 0.313 e. The van der Waals surface area contributed by atoms with Crippen LogP contribution in [0.25, 0.3) is 0 Å². The molecular weight excluding hydrogens is 236 g/mol. The Morgan fingerprint density at radius 2 is 1.95 bits per heavy atom. The average molecular weight is 262 g/mol. The van der Waals surface area contributed by atoms with E-state index in [1.165, 1.54) is 19.3 Å². The first-order valence-electron chi connectivity index (χ1n) is 7.57. The predicted octanol–water partition coefficient (Wildman–Crippen LogP) is 3.08. The molecule has 1 N–H and O–H groups in total. The quantitative estimate of drug-likeness (QED) is 0.904. The Balaban J connectivity index is 2.39. The molecule has 0 radical (unpaired) electrons. The summed E-state index contributed by atoms with van der Waals surface area (Å²) >= 11 is 0. The lowest BCUT2D eigenvalue weighted by Crippen LogP contribution is -2.33. The summed E-state index contributed by atoms with van der Waals surface area (Å²) in [7, 11) is 0. The number of hydrogen-bond acceptors (Lipinski definition) is 2. The van der Waals surface area contributed by atoms with Gasteiger partial charge in [-0.15, -0.1) is 0 Å². The Labute approximate surface area is 116 Å². The first-order valence-corrected chi connectivity index (χ1v) is 7.57. The Morgan fingerprint density at radius 3 is 2.58 bits per heavy atom. The van der Waals surface area contributed by atoms with Gasteiger partial charge in [0.25, 0.3) is 5.56 Å². The highest BCUT2D eigenvalue weighted by Crippen LogP contribution is 2.28. The number of pyridine rings is 1. The summed E-state index contributed by atoms with van der Waals surface area (Å²) in [6.07, 6.45) is 6.15. The van der Waals surface area contributed by atoms with Crippen LogP contribution in [0.15, 0.2) is 10.9 Å². The number of hydrogen-bond donors (Lipinski definition) is 1. The topological polar surface area (TPSA) is 34.0 Å². The summed E-state index contributed by atoms with van der Waals surface area (Å²) < 4.78 is 2.05. The number of rotatable bonds is 4. The van der Waals surface area contributed by atoms with Gasteiger partial charge in [-0.2, -0.15) is 0 Å². The van der Waals surface area contributed by atoms with Gasteiger partial charge in [0, 0.05) is 23.8 Å². The van der Waals surface area contributed by atoms with E-state index in [1.807, 2.05) is 6.92 Å². The predicted molar refractivity (Wildman–Crippen MR) is 79.7 cm³/mol. The molecule has 0 aliphatic heterocycles. The van der Waals surface area contributed by atoms with Crippen molar-refractivity contribution in [1.29, 1.82) is 0 Å². The van der Waals surface area contributed by atoms with Crippen LogP contribution in [0.3, 0.4) is 0 Å². The summed E-state index contributed by atoms with van der Waals surface area (Å²) in [5, 5.41) is 3.28. The van der Waals surface area contributed by atoms with Crippen molar-refractivity contribution in [3.63, 3.8) is 0 Å². The van der Waals surface area contributed by atoms with Crippen LogP contribution in [0.2, 0.25) is 0 Å². The third-order valence-electron chi connectivity index (χ3n) is 4.25. The van der Waals surface area contributed by atoms with Crippen LogP contribution in [-0.2, 0) is 6.54 Å². The number of nitrogens with one attached hydrogen (secondary N) is 1. The molecule has 0 bridgehead atoms. The molecule has 1 aliphatic carbocycles. The van der Waals surface area contributed by atoms with E-state index in [0.717, 1.165) is 36.2 Å². The Bertz CT molecular complexity index is 484. The molecule has 19 heavy (non-hydrogen) atoms. The van der Waals surface area contributed by atoms with Crippen LogP contribution < -0.4 is 10.9 Å². The van der Waals surface area contributed by atoms with Crippen LogP contribution in [0.4, 0.5) is 0 Å². The SMILES string of the molecule is CCNCc1c(C)cc(C)n(C2CCCCC2)c1=O. The highest BCUT2D eigenvalue weighted by Gasteiger charge is 2.20. The lowest BCUT2D eigenvalue weighted by Gasteiger charge is -2.27. The van der Waals surface area contributed by atoms with Crippen molar-refractivity contribution in [3.05, 3.63) is 33.2 Å². The second kappa shape index (κ2) is 6.38. The molecular formula is C16H26N2O. The minimum absolute atomic E-state index is 0.227. The highest BCUT2D eigenvalue weighted by atomic mass is 16.1. The highest BCUT2D eigenvalue weighted by molar-refractivity contribution is 5.26. The Kier molecular flexibility index (Phi) is 4.81. The third kappa shape index (κ3) is 3.08. The second-order valence-electron chi connectivity index (χ2n) is 5.69. The zero-order valence-electron chi connectivity index (χ0n) is 12.5. The van der Waals surface area contributed by atoms with Crippen molar-refractivity contribution in [3.8, 4) is 0 Å². The molecule has 3 nitrogen and oxygen atoms in total. The molecule has 1 aliphatic rings. The van der Waals surface area contributed by atoms with Gasteiger partial charge in [-0.1, -0.05) is 26.2 Å². The molecule has 3 heteroatoms. The van der Waals surface area contributed by atoms with Crippen molar-refractivity contribution in [2.45, 2.75) is 65.5 Å². The monoisotopic (exact) mass is 262 g/mol. The van der Waals surface area contributed by atoms with Crippen molar-refractivity contribution in [2.24, 2.45) is 0 Å². The summed E-state index contributed by atoms with van der Waals surface area (Å²) in [6.45, 7) is 7.78. The fraction of sp³-hybridized carbons (Fsp3) is 0.688. The van der Waals surface area contributed by atoms with Gasteiger partial charge in [-0.25, -0.2) is 0 Å². The van der Waals surface area contributed by atoms with Crippen molar-refractivity contribution in [1.82, 2.24) is 9.88 Å². The fourth-order valence-corrected chi connectivity index (χ4v) is 3.20. The molecule has 0 saturated heterocycles. The van der Waals surface area contributed by atoms with E-state index in [2.05, 4.69) is 29.8 Å². The van der Waals surface area contributed by atoms with Crippen LogP contribution in [0, 0.1) is 13.8 Å². The third-order valence-corrected chi connectivity index (χ3v) is 4.25. The average Bonchev–Trinajstić information content (AvgIpc) is 2.39.